The van der Waals surface area contributed by atoms with E-state index in [9.17, 15) is 22.8 Å². The van der Waals surface area contributed by atoms with Gasteiger partial charge in [-0.1, -0.05) is 6.08 Å². The molecule has 1 N–H and O–H groups in total. The average molecular weight is 268 g/mol. The highest BCUT2D eigenvalue weighted by molar-refractivity contribution is 5.81. The summed E-state index contributed by atoms with van der Waals surface area (Å²) in [6, 6.07) is -1.000. The second-order valence-electron chi connectivity index (χ2n) is 3.25. The van der Waals surface area contributed by atoms with Crippen molar-refractivity contribution >= 4 is 12.0 Å². The number of carbonyl (C=O) groups excluding carboxylic acids is 2. The molecule has 0 bridgehead atoms. The van der Waals surface area contributed by atoms with Crippen molar-refractivity contribution in [1.82, 2.24) is 10.2 Å². The Morgan fingerprint density at radius 1 is 1.44 bits per heavy atom. The topological polar surface area (TPSA) is 58.6 Å². The number of halogens is 3. The van der Waals surface area contributed by atoms with Crippen LogP contribution >= 0.6 is 0 Å². The number of urea groups is 1. The maximum absolute atomic E-state index is 11.9. The molecule has 0 aromatic rings. The largest absolute Gasteiger partial charge is 0.465 e. The van der Waals surface area contributed by atoms with Crippen molar-refractivity contribution in [3.05, 3.63) is 12.7 Å². The Labute approximate surface area is 103 Å². The summed E-state index contributed by atoms with van der Waals surface area (Å²) in [5, 5.41) is 1.66. The van der Waals surface area contributed by atoms with Crippen LogP contribution in [0.25, 0.3) is 0 Å². The van der Waals surface area contributed by atoms with E-state index in [-0.39, 0.29) is 13.2 Å². The van der Waals surface area contributed by atoms with Crippen LogP contribution in [0.15, 0.2) is 12.7 Å². The van der Waals surface area contributed by atoms with Crippen LogP contribution in [-0.2, 0) is 9.53 Å². The molecule has 104 valence electrons. The third-order valence-electron chi connectivity index (χ3n) is 1.70. The first-order chi connectivity index (χ1) is 8.30. The fourth-order valence-corrected chi connectivity index (χ4v) is 1.03. The molecule has 8 heteroatoms. The van der Waals surface area contributed by atoms with Gasteiger partial charge in [0.25, 0.3) is 0 Å². The SMILES string of the molecule is C=CCN(CC(=O)OCC)C(=O)NCC(F)(F)F. The lowest BCUT2D eigenvalue weighted by Crippen LogP contribution is -2.46. The minimum absolute atomic E-state index is 0.0531. The second-order valence-corrected chi connectivity index (χ2v) is 3.25. The van der Waals surface area contributed by atoms with Gasteiger partial charge in [0.1, 0.15) is 13.1 Å². The van der Waals surface area contributed by atoms with Crippen molar-refractivity contribution < 1.29 is 27.5 Å². The zero-order chi connectivity index (χ0) is 14.2. The van der Waals surface area contributed by atoms with Crippen LogP contribution in [0, 0.1) is 0 Å². The number of hydrogen-bond acceptors (Lipinski definition) is 3. The van der Waals surface area contributed by atoms with Gasteiger partial charge in [0, 0.05) is 6.54 Å². The maximum atomic E-state index is 11.9. The lowest BCUT2D eigenvalue weighted by atomic mass is 10.4. The molecule has 0 unspecified atom stereocenters. The van der Waals surface area contributed by atoms with E-state index in [1.54, 1.807) is 12.2 Å². The summed E-state index contributed by atoms with van der Waals surface area (Å²) in [6.45, 7) is 3.13. The average Bonchev–Trinajstić information content (AvgIpc) is 2.24. The van der Waals surface area contributed by atoms with Gasteiger partial charge >= 0.3 is 18.2 Å². The lowest BCUT2D eigenvalue weighted by Gasteiger charge is -2.20. The predicted molar refractivity (Wildman–Crippen MR) is 57.9 cm³/mol. The molecule has 0 fully saturated rings. The standard InChI is InChI=1S/C10H15F3N2O3/c1-3-5-15(6-8(16)18-4-2)9(17)14-7-10(11,12)13/h3H,1,4-7H2,2H3,(H,14,17). The second kappa shape index (κ2) is 7.57. The number of hydrogen-bond donors (Lipinski definition) is 1. The van der Waals surface area contributed by atoms with Gasteiger partial charge in [0.15, 0.2) is 0 Å². The summed E-state index contributed by atoms with van der Waals surface area (Å²) in [7, 11) is 0. The summed E-state index contributed by atoms with van der Waals surface area (Å²) in [5.74, 6) is -0.693. The molecule has 2 amide bonds. The number of carbonyl (C=O) groups is 2. The molecule has 0 aliphatic carbocycles. The van der Waals surface area contributed by atoms with Crippen LogP contribution < -0.4 is 5.32 Å². The molecule has 0 spiro atoms. The number of ether oxygens (including phenoxy) is 1. The van der Waals surface area contributed by atoms with Crippen LogP contribution in [0.1, 0.15) is 6.92 Å². The highest BCUT2D eigenvalue weighted by atomic mass is 19.4. The molecular formula is C10H15F3N2O3. The van der Waals surface area contributed by atoms with E-state index < -0.39 is 31.3 Å². The van der Waals surface area contributed by atoms with Gasteiger partial charge in [0.05, 0.1) is 6.61 Å². The van der Waals surface area contributed by atoms with Crippen molar-refractivity contribution in [2.75, 3.05) is 26.2 Å². The quantitative estimate of drug-likeness (QED) is 0.583. The Balaban J connectivity index is 4.35. The zero-order valence-corrected chi connectivity index (χ0v) is 9.92. The Morgan fingerprint density at radius 2 is 2.06 bits per heavy atom. The smallest absolute Gasteiger partial charge is 0.405 e. The number of amides is 2. The van der Waals surface area contributed by atoms with E-state index in [4.69, 9.17) is 0 Å². The van der Waals surface area contributed by atoms with Gasteiger partial charge in [-0.15, -0.1) is 6.58 Å². The Bertz CT molecular complexity index is 305. The normalized spacial score (nSPS) is 10.7. The monoisotopic (exact) mass is 268 g/mol. The molecule has 0 aliphatic rings. The highest BCUT2D eigenvalue weighted by Crippen LogP contribution is 2.12. The Hall–Kier alpha value is -1.73. The molecule has 0 radical (unpaired) electrons. The van der Waals surface area contributed by atoms with Crippen LogP contribution in [0.3, 0.4) is 0 Å². The number of rotatable bonds is 6. The minimum Gasteiger partial charge on any atom is -0.465 e. The summed E-state index contributed by atoms with van der Waals surface area (Å²) in [6.07, 6.45) is -3.20. The fraction of sp³-hybridized carbons (Fsp3) is 0.600. The minimum atomic E-state index is -4.50. The summed E-state index contributed by atoms with van der Waals surface area (Å²) >= 11 is 0. The van der Waals surface area contributed by atoms with Crippen molar-refractivity contribution in [3.63, 3.8) is 0 Å². The molecule has 0 aromatic heterocycles. The molecule has 0 atom stereocenters. The molecule has 5 nitrogen and oxygen atoms in total. The molecule has 18 heavy (non-hydrogen) atoms. The zero-order valence-electron chi connectivity index (χ0n) is 9.92. The Kier molecular flexibility index (Phi) is 6.84. The Morgan fingerprint density at radius 3 is 2.50 bits per heavy atom. The van der Waals surface area contributed by atoms with Crippen LogP contribution in [0.5, 0.6) is 0 Å². The van der Waals surface area contributed by atoms with Crippen LogP contribution in [0.4, 0.5) is 18.0 Å². The number of alkyl halides is 3. The van der Waals surface area contributed by atoms with E-state index in [1.165, 1.54) is 6.08 Å². The highest BCUT2D eigenvalue weighted by Gasteiger charge is 2.29. The number of nitrogens with one attached hydrogen (secondary N) is 1. The summed E-state index contributed by atoms with van der Waals surface area (Å²) in [5.41, 5.74) is 0. The van der Waals surface area contributed by atoms with Crippen molar-refractivity contribution in [2.45, 2.75) is 13.1 Å². The van der Waals surface area contributed by atoms with Gasteiger partial charge in [0.2, 0.25) is 0 Å². The molecule has 0 aliphatic heterocycles. The fourth-order valence-electron chi connectivity index (χ4n) is 1.03. The lowest BCUT2D eigenvalue weighted by molar-refractivity contribution is -0.143. The first-order valence-electron chi connectivity index (χ1n) is 5.16. The summed E-state index contributed by atoms with van der Waals surface area (Å²) in [4.78, 5) is 23.4. The maximum Gasteiger partial charge on any atom is 0.405 e. The predicted octanol–water partition coefficient (Wildman–Crippen LogP) is 1.31. The molecule has 0 aromatic carbocycles. The van der Waals surface area contributed by atoms with Crippen LogP contribution in [-0.4, -0.2) is 49.3 Å². The number of esters is 1. The van der Waals surface area contributed by atoms with Crippen molar-refractivity contribution in [3.8, 4) is 0 Å². The van der Waals surface area contributed by atoms with E-state index in [2.05, 4.69) is 11.3 Å². The van der Waals surface area contributed by atoms with E-state index in [1.807, 2.05) is 0 Å². The van der Waals surface area contributed by atoms with E-state index in [0.29, 0.717) is 0 Å². The van der Waals surface area contributed by atoms with E-state index in [0.717, 1.165) is 4.90 Å². The molecule has 0 rings (SSSR count). The molecule has 0 saturated carbocycles. The van der Waals surface area contributed by atoms with Gasteiger partial charge in [-0.3, -0.25) is 4.79 Å². The molecule has 0 saturated heterocycles. The van der Waals surface area contributed by atoms with E-state index >= 15 is 0 Å². The molecule has 0 heterocycles. The van der Waals surface area contributed by atoms with Crippen LogP contribution in [0.2, 0.25) is 0 Å². The summed E-state index contributed by atoms with van der Waals surface area (Å²) < 4.78 is 40.3. The third-order valence-corrected chi connectivity index (χ3v) is 1.70. The first-order valence-corrected chi connectivity index (χ1v) is 5.16. The molecular weight excluding hydrogens is 253 g/mol. The van der Waals surface area contributed by atoms with Gasteiger partial charge in [-0.25, -0.2) is 4.79 Å². The van der Waals surface area contributed by atoms with Gasteiger partial charge in [-0.2, -0.15) is 13.2 Å². The number of nitrogens with zero attached hydrogens (tertiary/aromatic N) is 1. The van der Waals surface area contributed by atoms with Gasteiger partial charge in [-0.05, 0) is 6.92 Å². The van der Waals surface area contributed by atoms with Crippen molar-refractivity contribution in [1.29, 1.82) is 0 Å². The van der Waals surface area contributed by atoms with Gasteiger partial charge < -0.3 is 15.0 Å². The third kappa shape index (κ3) is 7.53. The first kappa shape index (κ1) is 16.3. The van der Waals surface area contributed by atoms with Crippen molar-refractivity contribution in [2.24, 2.45) is 0 Å².